The number of carbonyl (C=O) groups excluding carboxylic acids is 2. The largest absolute Gasteiger partial charge is 0.466 e. The van der Waals surface area contributed by atoms with E-state index in [0.717, 1.165) is 19.1 Å². The van der Waals surface area contributed by atoms with Crippen LogP contribution in [-0.2, 0) is 19.1 Å². The number of carbonyl (C=O) groups is 2. The summed E-state index contributed by atoms with van der Waals surface area (Å²) in [6, 6.07) is 14.6. The average molecular weight is 469 g/mol. The van der Waals surface area contributed by atoms with Crippen molar-refractivity contribution in [2.24, 2.45) is 5.73 Å². The Labute approximate surface area is 194 Å². The first-order chi connectivity index (χ1) is 16.2. The first-order valence-electron chi connectivity index (χ1n) is 9.96. The van der Waals surface area contributed by atoms with Crippen LogP contribution >= 0.6 is 0 Å². The lowest BCUT2D eigenvalue weighted by molar-refractivity contribution is -0.139. The molecule has 1 aliphatic rings. The number of esters is 2. The van der Waals surface area contributed by atoms with Gasteiger partial charge in [-0.1, -0.05) is 36.4 Å². The summed E-state index contributed by atoms with van der Waals surface area (Å²) < 4.78 is 40.8. The van der Waals surface area contributed by atoms with Crippen LogP contribution in [0.1, 0.15) is 17.0 Å². The molecule has 2 aromatic carbocycles. The van der Waals surface area contributed by atoms with Crippen molar-refractivity contribution in [2.75, 3.05) is 19.1 Å². The molecule has 0 saturated carbocycles. The van der Waals surface area contributed by atoms with Crippen molar-refractivity contribution < 1.29 is 32.6 Å². The Morgan fingerprint density at radius 3 is 2.29 bits per heavy atom. The molecule has 0 radical (unpaired) electrons. The molecule has 1 heterocycles. The number of aryl methyl sites for hydroxylation is 1. The molecule has 0 bridgehead atoms. The Morgan fingerprint density at radius 1 is 1.09 bits per heavy atom. The van der Waals surface area contributed by atoms with Crippen molar-refractivity contribution >= 4 is 17.6 Å². The Bertz CT molecular complexity index is 1220. The first kappa shape index (κ1) is 24.3. The van der Waals surface area contributed by atoms with Crippen LogP contribution in [0.15, 0.2) is 71.2 Å². The van der Waals surface area contributed by atoms with E-state index < -0.39 is 24.5 Å². The first-order valence-corrected chi connectivity index (χ1v) is 9.96. The van der Waals surface area contributed by atoms with E-state index in [1.807, 2.05) is 6.07 Å². The van der Waals surface area contributed by atoms with Crippen molar-refractivity contribution in [1.82, 2.24) is 0 Å². The number of allylic oxidation sites excluding steroid dienone is 1. The highest BCUT2D eigenvalue weighted by Gasteiger charge is 2.43. The van der Waals surface area contributed by atoms with Gasteiger partial charge in [0.15, 0.2) is 0 Å². The van der Waals surface area contributed by atoms with Crippen LogP contribution < -0.4 is 15.4 Å². The zero-order chi connectivity index (χ0) is 25.0. The van der Waals surface area contributed by atoms with Gasteiger partial charge in [0.05, 0.1) is 43.0 Å². The number of methoxy groups -OCH3 is 2. The van der Waals surface area contributed by atoms with Gasteiger partial charge < -0.3 is 19.9 Å². The van der Waals surface area contributed by atoms with Crippen LogP contribution in [0.5, 0.6) is 5.75 Å². The van der Waals surface area contributed by atoms with Crippen molar-refractivity contribution in [2.45, 2.75) is 19.5 Å². The maximum absolute atomic E-state index is 13.2. The van der Waals surface area contributed by atoms with E-state index in [0.29, 0.717) is 11.1 Å². The monoisotopic (exact) mass is 469 g/mol. The lowest BCUT2D eigenvalue weighted by atomic mass is 9.81. The maximum atomic E-state index is 13.2. The highest BCUT2D eigenvalue weighted by atomic mass is 19.3. The molecule has 176 valence electrons. The lowest BCUT2D eigenvalue weighted by Crippen LogP contribution is -2.41. The van der Waals surface area contributed by atoms with Crippen molar-refractivity contribution in [3.63, 3.8) is 0 Å². The molecule has 0 amide bonds. The Kier molecular flexibility index (Phi) is 7.16. The minimum absolute atomic E-state index is 0.0844. The van der Waals surface area contributed by atoms with E-state index in [4.69, 9.17) is 15.2 Å². The fourth-order valence-corrected chi connectivity index (χ4v) is 3.76. The van der Waals surface area contributed by atoms with Crippen LogP contribution in [-0.4, -0.2) is 32.8 Å². The third kappa shape index (κ3) is 4.41. The number of alkyl halides is 2. The number of nitrogens with zero attached hydrogens (tertiary/aromatic N) is 2. The normalized spacial score (nSPS) is 15.8. The number of nitriles is 1. The molecule has 3 rings (SSSR count). The van der Waals surface area contributed by atoms with Crippen LogP contribution in [0.2, 0.25) is 0 Å². The standard InChI is InChI=1S/C24H21F2N3O5/c1-13-9-10-17(34-24(25)26)16(11-13)29-20(23(31)33-3)19(22(30)32-2)18(15(12-27)21(29)28)14-7-5-4-6-8-14/h4-11,18,24H,28H2,1-3H3. The molecule has 0 aliphatic carbocycles. The topological polar surface area (TPSA) is 115 Å². The SMILES string of the molecule is COC(=O)C1=C(C(=O)OC)N(c2cc(C)ccc2OC(F)F)C(N)=C(C#N)C1c1ccccc1. The molecule has 1 atom stereocenters. The third-order valence-electron chi connectivity index (χ3n) is 5.18. The summed E-state index contributed by atoms with van der Waals surface area (Å²) in [6.07, 6.45) is 0. The van der Waals surface area contributed by atoms with Crippen LogP contribution in [0.4, 0.5) is 14.5 Å². The lowest BCUT2D eigenvalue weighted by Gasteiger charge is -2.36. The fraction of sp³-hybridized carbons (Fsp3) is 0.208. The quantitative estimate of drug-likeness (QED) is 0.640. The van der Waals surface area contributed by atoms with Crippen LogP contribution in [0.25, 0.3) is 0 Å². The zero-order valence-electron chi connectivity index (χ0n) is 18.5. The Morgan fingerprint density at radius 2 is 1.74 bits per heavy atom. The van der Waals surface area contributed by atoms with Gasteiger partial charge in [-0.2, -0.15) is 14.0 Å². The Hall–Kier alpha value is -4.39. The number of halogens is 2. The van der Waals surface area contributed by atoms with Crippen LogP contribution in [0, 0.1) is 18.3 Å². The number of anilines is 1. The van der Waals surface area contributed by atoms with E-state index in [1.54, 1.807) is 37.3 Å². The highest BCUT2D eigenvalue weighted by molar-refractivity contribution is 6.06. The van der Waals surface area contributed by atoms with Gasteiger partial charge in [-0.05, 0) is 30.2 Å². The van der Waals surface area contributed by atoms with Gasteiger partial charge in [-0.3, -0.25) is 4.90 Å². The summed E-state index contributed by atoms with van der Waals surface area (Å²) in [5, 5.41) is 10.0. The number of hydrogen-bond acceptors (Lipinski definition) is 8. The number of ether oxygens (including phenoxy) is 3. The summed E-state index contributed by atoms with van der Waals surface area (Å²) in [7, 11) is 2.20. The van der Waals surface area contributed by atoms with Crippen molar-refractivity contribution in [3.05, 3.63) is 82.3 Å². The van der Waals surface area contributed by atoms with Gasteiger partial charge in [0.2, 0.25) is 0 Å². The van der Waals surface area contributed by atoms with E-state index in [1.165, 1.54) is 18.2 Å². The van der Waals surface area contributed by atoms with E-state index in [9.17, 15) is 23.6 Å². The number of hydrogen-bond donors (Lipinski definition) is 1. The van der Waals surface area contributed by atoms with E-state index in [-0.39, 0.29) is 34.1 Å². The average Bonchev–Trinajstić information content (AvgIpc) is 2.83. The molecule has 0 aromatic heterocycles. The summed E-state index contributed by atoms with van der Waals surface area (Å²) in [6.45, 7) is -1.50. The predicted molar refractivity (Wildman–Crippen MR) is 117 cm³/mol. The summed E-state index contributed by atoms with van der Waals surface area (Å²) in [5.74, 6) is -3.58. The second kappa shape index (κ2) is 10.0. The molecule has 34 heavy (non-hydrogen) atoms. The zero-order valence-corrected chi connectivity index (χ0v) is 18.5. The van der Waals surface area contributed by atoms with Gasteiger partial charge in [-0.25, -0.2) is 9.59 Å². The molecule has 0 fully saturated rings. The minimum atomic E-state index is -3.19. The fourth-order valence-electron chi connectivity index (χ4n) is 3.76. The number of rotatable bonds is 6. The summed E-state index contributed by atoms with van der Waals surface area (Å²) in [5.41, 5.74) is 6.66. The predicted octanol–water partition coefficient (Wildman–Crippen LogP) is 3.49. The summed E-state index contributed by atoms with van der Waals surface area (Å²) >= 11 is 0. The maximum Gasteiger partial charge on any atom is 0.387 e. The second-order valence-corrected chi connectivity index (χ2v) is 7.18. The van der Waals surface area contributed by atoms with Gasteiger partial charge in [0.25, 0.3) is 0 Å². The number of benzene rings is 2. The minimum Gasteiger partial charge on any atom is -0.466 e. The van der Waals surface area contributed by atoms with Gasteiger partial charge in [-0.15, -0.1) is 0 Å². The summed E-state index contributed by atoms with van der Waals surface area (Å²) in [4.78, 5) is 27.1. The molecular weight excluding hydrogens is 448 g/mol. The van der Waals surface area contributed by atoms with E-state index >= 15 is 0 Å². The highest BCUT2D eigenvalue weighted by Crippen LogP contribution is 2.45. The van der Waals surface area contributed by atoms with Gasteiger partial charge in [0, 0.05) is 0 Å². The molecule has 1 aliphatic heterocycles. The second-order valence-electron chi connectivity index (χ2n) is 7.18. The molecule has 8 nitrogen and oxygen atoms in total. The smallest absolute Gasteiger partial charge is 0.387 e. The number of nitrogens with two attached hydrogens (primary N) is 1. The molecule has 2 aromatic rings. The Balaban J connectivity index is 2.45. The van der Waals surface area contributed by atoms with Crippen molar-refractivity contribution in [3.8, 4) is 11.8 Å². The molecule has 2 N–H and O–H groups in total. The van der Waals surface area contributed by atoms with Crippen molar-refractivity contribution in [1.29, 1.82) is 5.26 Å². The van der Waals surface area contributed by atoms with Gasteiger partial charge >= 0.3 is 18.6 Å². The molecule has 1 unspecified atom stereocenters. The third-order valence-corrected chi connectivity index (χ3v) is 5.18. The van der Waals surface area contributed by atoms with E-state index in [2.05, 4.69) is 4.74 Å². The molecule has 10 heteroatoms. The van der Waals surface area contributed by atoms with Gasteiger partial charge in [0.1, 0.15) is 17.3 Å². The molecule has 0 saturated heterocycles. The molecular formula is C24H21F2N3O5. The van der Waals surface area contributed by atoms with Crippen LogP contribution in [0.3, 0.4) is 0 Å². The molecule has 0 spiro atoms.